The molecule has 3 nitrogen and oxygen atoms in total. The average molecular weight is 395 g/mol. The van der Waals surface area contributed by atoms with Crippen LogP contribution in [-0.4, -0.2) is 20.8 Å². The topological polar surface area (TPSA) is 22.8 Å². The van der Waals surface area contributed by atoms with Crippen molar-refractivity contribution >= 4 is 55.9 Å². The molecule has 2 aliphatic rings. The molecule has 0 spiro atoms. The lowest BCUT2D eigenvalue weighted by atomic mass is 9.34. The van der Waals surface area contributed by atoms with Crippen molar-refractivity contribution in [1.29, 1.82) is 0 Å². The molecule has 2 aromatic heterocycles. The standard InChI is InChI=1S/C27H18BN3/c1-15-13-23-25-24(14-15)31-22-12-4-3-7-17(22)18-8-5-9-19(26(18)31)28(25)20-10-6-11-21-27(20)30(23)16(2)29-21/h3-14H,1-2H3. The van der Waals surface area contributed by atoms with Crippen molar-refractivity contribution in [3.05, 3.63) is 84.2 Å². The number of hydrogen-bond donors (Lipinski definition) is 0. The van der Waals surface area contributed by atoms with E-state index in [0.29, 0.717) is 0 Å². The fourth-order valence-corrected chi connectivity index (χ4v) is 6.23. The van der Waals surface area contributed by atoms with Crippen molar-refractivity contribution < 1.29 is 0 Å². The van der Waals surface area contributed by atoms with Crippen LogP contribution in [0.3, 0.4) is 0 Å². The second-order valence-electron chi connectivity index (χ2n) is 8.96. The van der Waals surface area contributed by atoms with E-state index in [9.17, 15) is 0 Å². The number of nitrogens with zero attached hydrogens (tertiary/aromatic N) is 3. The van der Waals surface area contributed by atoms with Crippen molar-refractivity contribution in [3.8, 4) is 11.4 Å². The molecule has 0 bridgehead atoms. The highest BCUT2D eigenvalue weighted by molar-refractivity contribution is 7.00. The fourth-order valence-electron chi connectivity index (χ4n) is 6.23. The quantitative estimate of drug-likeness (QED) is 0.358. The van der Waals surface area contributed by atoms with Crippen molar-refractivity contribution in [2.75, 3.05) is 0 Å². The molecular formula is C27H18BN3. The van der Waals surface area contributed by atoms with Gasteiger partial charge in [-0.15, -0.1) is 0 Å². The zero-order valence-corrected chi connectivity index (χ0v) is 17.3. The Morgan fingerprint density at radius 1 is 0.710 bits per heavy atom. The molecule has 2 aliphatic heterocycles. The Morgan fingerprint density at radius 3 is 2.29 bits per heavy atom. The highest BCUT2D eigenvalue weighted by Crippen LogP contribution is 2.36. The Morgan fingerprint density at radius 2 is 1.42 bits per heavy atom. The smallest absolute Gasteiger partial charge is 0.252 e. The van der Waals surface area contributed by atoms with Crippen LogP contribution in [0.1, 0.15) is 11.4 Å². The van der Waals surface area contributed by atoms with E-state index in [0.717, 1.165) is 11.3 Å². The van der Waals surface area contributed by atoms with E-state index >= 15 is 0 Å². The van der Waals surface area contributed by atoms with Crippen LogP contribution in [0, 0.1) is 13.8 Å². The first-order valence-electron chi connectivity index (χ1n) is 10.9. The summed E-state index contributed by atoms with van der Waals surface area (Å²) in [6.45, 7) is 4.55. The Labute approximate surface area is 179 Å². The summed E-state index contributed by atoms with van der Waals surface area (Å²) >= 11 is 0. The largest absolute Gasteiger partial charge is 0.310 e. The molecule has 0 fully saturated rings. The number of aryl methyl sites for hydroxylation is 2. The molecule has 4 heterocycles. The van der Waals surface area contributed by atoms with E-state index in [1.54, 1.807) is 0 Å². The summed E-state index contributed by atoms with van der Waals surface area (Å²) in [5, 5.41) is 2.66. The summed E-state index contributed by atoms with van der Waals surface area (Å²) in [6, 6.07) is 27.0. The molecule has 144 valence electrons. The van der Waals surface area contributed by atoms with Gasteiger partial charge in [0, 0.05) is 27.7 Å². The van der Waals surface area contributed by atoms with E-state index in [1.807, 2.05) is 0 Å². The summed E-state index contributed by atoms with van der Waals surface area (Å²) in [5.74, 6) is 1.05. The first kappa shape index (κ1) is 16.0. The van der Waals surface area contributed by atoms with Crippen LogP contribution in [0.15, 0.2) is 72.8 Å². The molecule has 4 aromatic carbocycles. The highest BCUT2D eigenvalue weighted by atomic mass is 15.1. The summed E-state index contributed by atoms with van der Waals surface area (Å²) in [4.78, 5) is 4.92. The van der Waals surface area contributed by atoms with Gasteiger partial charge in [0.25, 0.3) is 6.71 Å². The van der Waals surface area contributed by atoms with Gasteiger partial charge in [-0.2, -0.15) is 0 Å². The lowest BCUT2D eigenvalue weighted by Crippen LogP contribution is -2.59. The summed E-state index contributed by atoms with van der Waals surface area (Å²) in [5.41, 5.74) is 13.0. The number of para-hydroxylation sites is 3. The lowest BCUT2D eigenvalue weighted by Gasteiger charge is -2.33. The summed E-state index contributed by atoms with van der Waals surface area (Å²) in [7, 11) is 0. The van der Waals surface area contributed by atoms with Crippen molar-refractivity contribution in [1.82, 2.24) is 14.1 Å². The predicted molar refractivity (Wildman–Crippen MR) is 130 cm³/mol. The molecule has 0 saturated carbocycles. The second-order valence-corrected chi connectivity index (χ2v) is 8.96. The van der Waals surface area contributed by atoms with E-state index in [-0.39, 0.29) is 6.71 Å². The molecule has 0 N–H and O–H groups in total. The third-order valence-electron chi connectivity index (χ3n) is 7.27. The minimum absolute atomic E-state index is 0.221. The van der Waals surface area contributed by atoms with Crippen LogP contribution < -0.4 is 16.4 Å². The predicted octanol–water partition coefficient (Wildman–Crippen LogP) is 3.88. The third kappa shape index (κ3) is 1.70. The van der Waals surface area contributed by atoms with Crippen molar-refractivity contribution in [2.45, 2.75) is 13.8 Å². The fraction of sp³-hybridized carbons (Fsp3) is 0.0741. The van der Waals surface area contributed by atoms with Crippen molar-refractivity contribution in [3.63, 3.8) is 0 Å². The molecular weight excluding hydrogens is 377 g/mol. The molecule has 31 heavy (non-hydrogen) atoms. The zero-order valence-electron chi connectivity index (χ0n) is 17.3. The minimum Gasteiger partial charge on any atom is -0.310 e. The van der Waals surface area contributed by atoms with Gasteiger partial charge < -0.3 is 4.57 Å². The van der Waals surface area contributed by atoms with Crippen LogP contribution in [0.2, 0.25) is 0 Å². The molecule has 0 aliphatic carbocycles. The monoisotopic (exact) mass is 395 g/mol. The Kier molecular flexibility index (Phi) is 2.62. The lowest BCUT2D eigenvalue weighted by molar-refractivity contribution is 0.998. The number of hydrogen-bond acceptors (Lipinski definition) is 1. The molecule has 0 amide bonds. The van der Waals surface area contributed by atoms with Gasteiger partial charge in [-0.05, 0) is 60.1 Å². The Hall–Kier alpha value is -3.79. The van der Waals surface area contributed by atoms with Gasteiger partial charge in [0.15, 0.2) is 0 Å². The number of aromatic nitrogens is 3. The van der Waals surface area contributed by atoms with E-state index in [1.165, 1.54) is 60.6 Å². The average Bonchev–Trinajstić information content (AvgIpc) is 3.30. The van der Waals surface area contributed by atoms with E-state index in [4.69, 9.17) is 4.98 Å². The maximum Gasteiger partial charge on any atom is 0.252 e. The molecule has 4 heteroatoms. The van der Waals surface area contributed by atoms with Gasteiger partial charge in [-0.1, -0.05) is 48.5 Å². The van der Waals surface area contributed by atoms with Crippen LogP contribution >= 0.6 is 0 Å². The molecule has 8 rings (SSSR count). The van der Waals surface area contributed by atoms with Gasteiger partial charge in [0.1, 0.15) is 5.82 Å². The maximum absolute atomic E-state index is 4.92. The van der Waals surface area contributed by atoms with Gasteiger partial charge in [0.2, 0.25) is 0 Å². The van der Waals surface area contributed by atoms with Crippen LogP contribution in [0.4, 0.5) is 0 Å². The van der Waals surface area contributed by atoms with E-state index < -0.39 is 0 Å². The number of imidazole rings is 1. The number of rotatable bonds is 0. The molecule has 0 atom stereocenters. The third-order valence-corrected chi connectivity index (χ3v) is 7.27. The van der Waals surface area contributed by atoms with Crippen LogP contribution in [0.5, 0.6) is 0 Å². The van der Waals surface area contributed by atoms with Gasteiger partial charge in [-0.25, -0.2) is 4.98 Å². The molecule has 0 saturated heterocycles. The first-order chi connectivity index (χ1) is 15.2. The zero-order chi connectivity index (χ0) is 20.4. The second kappa shape index (κ2) is 5.09. The number of benzene rings is 4. The van der Waals surface area contributed by atoms with Gasteiger partial charge in [-0.3, -0.25) is 4.57 Å². The number of fused-ring (bicyclic) bond motifs is 7. The maximum atomic E-state index is 4.92. The highest BCUT2D eigenvalue weighted by Gasteiger charge is 2.40. The van der Waals surface area contributed by atoms with Gasteiger partial charge >= 0.3 is 0 Å². The molecule has 6 aromatic rings. The van der Waals surface area contributed by atoms with Crippen LogP contribution in [0.25, 0.3) is 44.2 Å². The van der Waals surface area contributed by atoms with Gasteiger partial charge in [0.05, 0.1) is 16.6 Å². The summed E-state index contributed by atoms with van der Waals surface area (Å²) < 4.78 is 4.88. The minimum atomic E-state index is 0.221. The first-order valence-corrected chi connectivity index (χ1v) is 10.9. The summed E-state index contributed by atoms with van der Waals surface area (Å²) in [6.07, 6.45) is 0. The van der Waals surface area contributed by atoms with Crippen molar-refractivity contribution in [2.24, 2.45) is 0 Å². The Balaban J connectivity index is 1.69. The SMILES string of the molecule is Cc1cc2c3c(c1)-n1c4ccccc4c4cccc(c41)B3c1cccc3nc(C)n-2c13. The van der Waals surface area contributed by atoms with Crippen LogP contribution in [-0.2, 0) is 0 Å². The molecule has 0 unspecified atom stereocenters. The Bertz CT molecular complexity index is 1770. The normalized spacial score (nSPS) is 13.4. The van der Waals surface area contributed by atoms with E-state index in [2.05, 4.69) is 95.8 Å². The molecule has 0 radical (unpaired) electrons.